The number of carbonyl (C=O) groups is 1. The van der Waals surface area contributed by atoms with Gasteiger partial charge in [0.05, 0.1) is 6.61 Å². The molecule has 0 N–H and O–H groups in total. The van der Waals surface area contributed by atoms with E-state index in [0.29, 0.717) is 5.69 Å². The molecule has 0 fully saturated rings. The van der Waals surface area contributed by atoms with Gasteiger partial charge in [-0.3, -0.25) is 0 Å². The Morgan fingerprint density at radius 2 is 2.00 bits per heavy atom. The predicted octanol–water partition coefficient (Wildman–Crippen LogP) is 3.42. The van der Waals surface area contributed by atoms with Crippen LogP contribution in [0.2, 0.25) is 0 Å². The van der Waals surface area contributed by atoms with Gasteiger partial charge in [0, 0.05) is 16.0 Å². The maximum absolute atomic E-state index is 13.1. The third kappa shape index (κ3) is 2.94. The number of rotatable bonds is 2. The quantitative estimate of drug-likeness (QED) is 0.681. The summed E-state index contributed by atoms with van der Waals surface area (Å²) in [6, 6.07) is 3.13. The summed E-state index contributed by atoms with van der Waals surface area (Å²) in [6.45, 7) is 3.09. The van der Waals surface area contributed by atoms with E-state index in [1.165, 1.54) is 13.0 Å². The lowest BCUT2D eigenvalue weighted by Gasteiger charge is -2.14. The monoisotopic (exact) mass is 316 g/mol. The molecular formula is C13H11F3N2O2S. The molecule has 0 saturated carbocycles. The highest BCUT2D eigenvalue weighted by Gasteiger charge is 2.40. The number of esters is 1. The minimum absolute atomic E-state index is 0.0481. The first-order valence-corrected chi connectivity index (χ1v) is 6.45. The summed E-state index contributed by atoms with van der Waals surface area (Å²) >= 11 is 4.05. The van der Waals surface area contributed by atoms with Crippen LogP contribution in [0.1, 0.15) is 28.7 Å². The van der Waals surface area contributed by atoms with Crippen LogP contribution in [0.15, 0.2) is 17.0 Å². The predicted molar refractivity (Wildman–Crippen MR) is 72.5 cm³/mol. The van der Waals surface area contributed by atoms with Crippen LogP contribution in [0, 0.1) is 6.92 Å². The van der Waals surface area contributed by atoms with E-state index in [4.69, 9.17) is 0 Å². The molecule has 2 aromatic heterocycles. The molecule has 8 heteroatoms. The highest BCUT2D eigenvalue weighted by molar-refractivity contribution is 7.80. The summed E-state index contributed by atoms with van der Waals surface area (Å²) in [4.78, 5) is 19.1. The molecule has 0 aromatic carbocycles. The van der Waals surface area contributed by atoms with Gasteiger partial charge >= 0.3 is 12.1 Å². The molecule has 4 nitrogen and oxygen atoms in total. The molecule has 0 spiro atoms. The fraction of sp³-hybridized carbons (Fsp3) is 0.308. The Labute approximate surface area is 123 Å². The largest absolute Gasteiger partial charge is 0.462 e. The lowest BCUT2D eigenvalue weighted by atomic mass is 10.1. The van der Waals surface area contributed by atoms with E-state index in [9.17, 15) is 18.0 Å². The van der Waals surface area contributed by atoms with Crippen LogP contribution in [-0.2, 0) is 10.9 Å². The zero-order valence-corrected chi connectivity index (χ0v) is 12.0. The minimum Gasteiger partial charge on any atom is -0.462 e. The van der Waals surface area contributed by atoms with E-state index in [2.05, 4.69) is 27.3 Å². The van der Waals surface area contributed by atoms with E-state index in [-0.39, 0.29) is 22.5 Å². The summed E-state index contributed by atoms with van der Waals surface area (Å²) in [5.74, 6) is -1.11. The van der Waals surface area contributed by atoms with E-state index < -0.39 is 23.4 Å². The van der Waals surface area contributed by atoms with Crippen LogP contribution in [-0.4, -0.2) is 22.5 Å². The number of alkyl halides is 3. The Bertz CT molecular complexity index is 717. The second-order valence-electron chi connectivity index (χ2n) is 4.23. The number of fused-ring (bicyclic) bond motifs is 1. The van der Waals surface area contributed by atoms with Crippen LogP contribution in [0.3, 0.4) is 0 Å². The number of nitrogens with zero attached hydrogens (tertiary/aromatic N) is 2. The van der Waals surface area contributed by atoms with Gasteiger partial charge < -0.3 is 4.74 Å². The molecule has 0 aliphatic rings. The van der Waals surface area contributed by atoms with Crippen LogP contribution in [0.25, 0.3) is 11.0 Å². The van der Waals surface area contributed by atoms with Gasteiger partial charge in [-0.15, -0.1) is 12.6 Å². The SMILES string of the molecule is CCOC(=O)c1c(C(F)(F)F)nc2nc(C)ccc2c1S. The molecule has 0 saturated heterocycles. The van der Waals surface area contributed by atoms with E-state index in [1.54, 1.807) is 13.0 Å². The van der Waals surface area contributed by atoms with Crippen molar-refractivity contribution in [3.05, 3.63) is 29.1 Å². The maximum atomic E-state index is 13.1. The second kappa shape index (κ2) is 5.51. The summed E-state index contributed by atoms with van der Waals surface area (Å²) in [5, 5.41) is 0.264. The Hall–Kier alpha value is -1.83. The third-order valence-corrected chi connectivity index (χ3v) is 3.17. The van der Waals surface area contributed by atoms with Gasteiger partial charge in [-0.25, -0.2) is 14.8 Å². The lowest BCUT2D eigenvalue weighted by molar-refractivity contribution is -0.141. The molecule has 0 atom stereocenters. The molecule has 0 amide bonds. The summed E-state index contributed by atoms with van der Waals surface area (Å²) in [5.41, 5.74) is -1.62. The first kappa shape index (κ1) is 15.6. The standard InChI is InChI=1S/C13H11F3N2O2S/c1-3-20-12(19)8-9(21)7-5-4-6(2)17-11(7)18-10(8)13(14,15)16/h4-5H,3H2,1-2H3,(H,17,18,21). The van der Waals surface area contributed by atoms with E-state index >= 15 is 0 Å². The van der Waals surface area contributed by atoms with Crippen molar-refractivity contribution < 1.29 is 22.7 Å². The first-order chi connectivity index (χ1) is 9.75. The fourth-order valence-corrected chi connectivity index (χ4v) is 2.20. The number of aryl methyl sites for hydroxylation is 1. The topological polar surface area (TPSA) is 52.1 Å². The van der Waals surface area contributed by atoms with Gasteiger partial charge in [0.25, 0.3) is 0 Å². The van der Waals surface area contributed by atoms with Crippen LogP contribution in [0.5, 0.6) is 0 Å². The number of halogens is 3. The fourth-order valence-electron chi connectivity index (χ4n) is 1.82. The zero-order chi connectivity index (χ0) is 15.8. The van der Waals surface area contributed by atoms with Crippen LogP contribution >= 0.6 is 12.6 Å². The van der Waals surface area contributed by atoms with Gasteiger partial charge in [-0.2, -0.15) is 13.2 Å². The molecule has 112 valence electrons. The van der Waals surface area contributed by atoms with E-state index in [0.717, 1.165) is 0 Å². The molecule has 0 unspecified atom stereocenters. The van der Waals surface area contributed by atoms with Gasteiger partial charge in [-0.1, -0.05) is 0 Å². The van der Waals surface area contributed by atoms with Gasteiger partial charge in [-0.05, 0) is 26.0 Å². The van der Waals surface area contributed by atoms with Crippen LogP contribution < -0.4 is 0 Å². The summed E-state index contributed by atoms with van der Waals surface area (Å²) in [6.07, 6.45) is -4.81. The Kier molecular flexibility index (Phi) is 4.08. The molecule has 2 heterocycles. The van der Waals surface area contributed by atoms with Crippen molar-refractivity contribution in [2.45, 2.75) is 24.9 Å². The number of pyridine rings is 2. The normalized spacial score (nSPS) is 11.7. The van der Waals surface area contributed by atoms with Crippen molar-refractivity contribution in [3.63, 3.8) is 0 Å². The van der Waals surface area contributed by atoms with Crippen molar-refractivity contribution in [3.8, 4) is 0 Å². The molecule has 0 aliphatic heterocycles. The summed E-state index contributed by atoms with van der Waals surface area (Å²) < 4.78 is 44.0. The number of aromatic nitrogens is 2. The smallest absolute Gasteiger partial charge is 0.434 e. The first-order valence-electron chi connectivity index (χ1n) is 6.00. The van der Waals surface area contributed by atoms with Gasteiger partial charge in [0.1, 0.15) is 5.56 Å². The Morgan fingerprint density at radius 1 is 1.33 bits per heavy atom. The molecular weight excluding hydrogens is 305 g/mol. The van der Waals surface area contributed by atoms with Gasteiger partial charge in [0.2, 0.25) is 0 Å². The Morgan fingerprint density at radius 3 is 2.57 bits per heavy atom. The number of hydrogen-bond donors (Lipinski definition) is 1. The molecule has 0 bridgehead atoms. The van der Waals surface area contributed by atoms with Crippen LogP contribution in [0.4, 0.5) is 13.2 Å². The van der Waals surface area contributed by atoms with Gasteiger partial charge in [0.15, 0.2) is 11.3 Å². The lowest BCUT2D eigenvalue weighted by Crippen LogP contribution is -2.19. The minimum atomic E-state index is -4.81. The highest BCUT2D eigenvalue weighted by atomic mass is 32.1. The average Bonchev–Trinajstić information content (AvgIpc) is 2.37. The molecule has 21 heavy (non-hydrogen) atoms. The number of carbonyl (C=O) groups excluding carboxylic acids is 1. The Balaban J connectivity index is 2.83. The number of ether oxygens (including phenoxy) is 1. The number of thiol groups is 1. The molecule has 0 aliphatic carbocycles. The second-order valence-corrected chi connectivity index (χ2v) is 4.67. The third-order valence-electron chi connectivity index (χ3n) is 2.71. The molecule has 2 rings (SSSR count). The van der Waals surface area contributed by atoms with Crippen molar-refractivity contribution >= 4 is 29.6 Å². The molecule has 2 aromatic rings. The van der Waals surface area contributed by atoms with Crippen molar-refractivity contribution in [2.75, 3.05) is 6.61 Å². The van der Waals surface area contributed by atoms with Crippen molar-refractivity contribution in [2.24, 2.45) is 0 Å². The van der Waals surface area contributed by atoms with E-state index in [1.807, 2.05) is 0 Å². The van der Waals surface area contributed by atoms with Crippen molar-refractivity contribution in [1.82, 2.24) is 9.97 Å². The van der Waals surface area contributed by atoms with Crippen molar-refractivity contribution in [1.29, 1.82) is 0 Å². The molecule has 0 radical (unpaired) electrons. The highest BCUT2D eigenvalue weighted by Crippen LogP contribution is 2.36. The maximum Gasteiger partial charge on any atom is 0.434 e. The average molecular weight is 316 g/mol. The number of hydrogen-bond acceptors (Lipinski definition) is 5. The zero-order valence-electron chi connectivity index (χ0n) is 11.2. The summed E-state index contributed by atoms with van der Waals surface area (Å²) in [7, 11) is 0.